The van der Waals surface area contributed by atoms with E-state index in [4.69, 9.17) is 30.5 Å². The van der Waals surface area contributed by atoms with Crippen molar-refractivity contribution in [2.24, 2.45) is 0 Å². The fourth-order valence-corrected chi connectivity index (χ4v) is 4.61. The zero-order chi connectivity index (χ0) is 28.4. The van der Waals surface area contributed by atoms with Crippen LogP contribution in [0.25, 0.3) is 10.9 Å². The molecule has 1 aliphatic rings. The van der Waals surface area contributed by atoms with Gasteiger partial charge in [-0.1, -0.05) is 23.7 Å². The van der Waals surface area contributed by atoms with Crippen molar-refractivity contribution < 1.29 is 41.3 Å². The molecule has 0 unspecified atom stereocenters. The summed E-state index contributed by atoms with van der Waals surface area (Å²) in [5, 5.41) is 0.0724. The first-order valence-electron chi connectivity index (χ1n) is 12.3. The van der Waals surface area contributed by atoms with Crippen LogP contribution in [0.4, 0.5) is 17.6 Å². The smallest absolute Gasteiger partial charge is 0.417 e. The Balaban J connectivity index is 1.35. The van der Waals surface area contributed by atoms with E-state index in [1.807, 2.05) is 6.92 Å². The fraction of sp³-hybridized carbons (Fsp3) is 0.241. The van der Waals surface area contributed by atoms with Gasteiger partial charge in [-0.25, -0.2) is 4.39 Å². The van der Waals surface area contributed by atoms with E-state index < -0.39 is 28.4 Å². The van der Waals surface area contributed by atoms with Crippen molar-refractivity contribution in [2.45, 2.75) is 25.9 Å². The molecule has 0 saturated heterocycles. The molecule has 0 amide bonds. The summed E-state index contributed by atoms with van der Waals surface area (Å²) >= 11 is 5.64. The number of halogens is 5. The summed E-state index contributed by atoms with van der Waals surface area (Å²) in [5.41, 5.74) is -0.280. The molecular formula is C29H22ClF4NO5. The summed E-state index contributed by atoms with van der Waals surface area (Å²) in [7, 11) is 0. The van der Waals surface area contributed by atoms with Gasteiger partial charge in [-0.2, -0.15) is 13.2 Å². The zero-order valence-corrected chi connectivity index (χ0v) is 21.9. The largest absolute Gasteiger partial charge is 0.490 e. The standard InChI is InChI=1S/C29H22ClF4NO5/c1-2-37-25-15-23-26(28-27(25)38-9-10-39-28)24(7-8-35-23)40-19-5-4-17(22(31)14-19)13-18(36)11-16-3-6-21(30)20(12-16)29(32,33)34/h3-8,12,14-15H,2,9-11,13H2,1H3. The summed E-state index contributed by atoms with van der Waals surface area (Å²) in [5.74, 6) is 0.681. The van der Waals surface area contributed by atoms with Gasteiger partial charge in [0.25, 0.3) is 0 Å². The number of carbonyl (C=O) groups is 1. The van der Waals surface area contributed by atoms with E-state index >= 15 is 0 Å². The van der Waals surface area contributed by atoms with E-state index in [1.54, 1.807) is 12.1 Å². The van der Waals surface area contributed by atoms with E-state index in [0.29, 0.717) is 53.7 Å². The molecule has 40 heavy (non-hydrogen) atoms. The lowest BCUT2D eigenvalue weighted by molar-refractivity contribution is -0.137. The third-order valence-electron chi connectivity index (χ3n) is 6.12. The summed E-state index contributed by atoms with van der Waals surface area (Å²) in [4.78, 5) is 16.9. The molecule has 6 nitrogen and oxygen atoms in total. The Morgan fingerprint density at radius 1 is 1.00 bits per heavy atom. The highest BCUT2D eigenvalue weighted by Crippen LogP contribution is 2.48. The van der Waals surface area contributed by atoms with Crippen molar-refractivity contribution >= 4 is 28.3 Å². The molecule has 0 fully saturated rings. The highest BCUT2D eigenvalue weighted by atomic mass is 35.5. The number of alkyl halides is 3. The molecule has 5 rings (SSSR count). The molecule has 1 aliphatic heterocycles. The number of nitrogens with zero attached hydrogens (tertiary/aromatic N) is 1. The number of hydrogen-bond acceptors (Lipinski definition) is 6. The lowest BCUT2D eigenvalue weighted by atomic mass is 10.0. The number of Topliss-reactive ketones (excluding diaryl/α,β-unsaturated/α-hetero) is 1. The topological polar surface area (TPSA) is 66.9 Å². The predicted molar refractivity (Wildman–Crippen MR) is 139 cm³/mol. The highest BCUT2D eigenvalue weighted by Gasteiger charge is 2.33. The van der Waals surface area contributed by atoms with Crippen LogP contribution in [0.3, 0.4) is 0 Å². The monoisotopic (exact) mass is 575 g/mol. The van der Waals surface area contributed by atoms with Gasteiger partial charge in [0.2, 0.25) is 5.75 Å². The van der Waals surface area contributed by atoms with Crippen molar-refractivity contribution in [3.8, 4) is 28.7 Å². The lowest BCUT2D eigenvalue weighted by Crippen LogP contribution is -2.16. The van der Waals surface area contributed by atoms with Gasteiger partial charge in [-0.15, -0.1) is 0 Å². The summed E-state index contributed by atoms with van der Waals surface area (Å²) in [6.07, 6.45) is -3.74. The first-order valence-corrected chi connectivity index (χ1v) is 12.7. The van der Waals surface area contributed by atoms with Crippen LogP contribution < -0.4 is 18.9 Å². The second kappa shape index (κ2) is 11.2. The Morgan fingerprint density at radius 3 is 2.50 bits per heavy atom. The van der Waals surface area contributed by atoms with E-state index in [2.05, 4.69) is 4.98 Å². The fourth-order valence-electron chi connectivity index (χ4n) is 4.39. The zero-order valence-electron chi connectivity index (χ0n) is 21.1. The third-order valence-corrected chi connectivity index (χ3v) is 6.45. The molecule has 208 valence electrons. The second-order valence-electron chi connectivity index (χ2n) is 8.93. The van der Waals surface area contributed by atoms with Crippen LogP contribution in [0.15, 0.2) is 54.7 Å². The molecule has 0 bridgehead atoms. The summed E-state index contributed by atoms with van der Waals surface area (Å²) in [6, 6.07) is 10.6. The van der Waals surface area contributed by atoms with Crippen LogP contribution in [0.2, 0.25) is 5.02 Å². The third kappa shape index (κ3) is 5.77. The Bertz CT molecular complexity index is 1590. The summed E-state index contributed by atoms with van der Waals surface area (Å²) < 4.78 is 77.7. The molecule has 0 N–H and O–H groups in total. The van der Waals surface area contributed by atoms with Crippen LogP contribution >= 0.6 is 11.6 Å². The van der Waals surface area contributed by atoms with Gasteiger partial charge < -0.3 is 18.9 Å². The van der Waals surface area contributed by atoms with Crippen LogP contribution in [-0.4, -0.2) is 30.6 Å². The van der Waals surface area contributed by atoms with Gasteiger partial charge in [0.1, 0.15) is 36.3 Å². The van der Waals surface area contributed by atoms with Crippen molar-refractivity contribution in [3.05, 3.63) is 82.3 Å². The number of carbonyl (C=O) groups excluding carboxylic acids is 1. The number of ketones is 1. The quantitative estimate of drug-likeness (QED) is 0.205. The van der Waals surface area contributed by atoms with Gasteiger partial charge in [-0.05, 0) is 42.3 Å². The molecular weight excluding hydrogens is 554 g/mol. The molecule has 0 aliphatic carbocycles. The Morgan fingerprint density at radius 2 is 1.77 bits per heavy atom. The number of benzene rings is 3. The number of aromatic nitrogens is 1. The second-order valence-corrected chi connectivity index (χ2v) is 9.33. The van der Waals surface area contributed by atoms with Crippen molar-refractivity contribution in [1.82, 2.24) is 4.98 Å². The molecule has 1 aromatic heterocycles. The van der Waals surface area contributed by atoms with Crippen LogP contribution in [0, 0.1) is 5.82 Å². The number of hydrogen-bond donors (Lipinski definition) is 0. The van der Waals surface area contributed by atoms with Crippen molar-refractivity contribution in [1.29, 1.82) is 0 Å². The molecule has 0 atom stereocenters. The van der Waals surface area contributed by atoms with E-state index in [1.165, 1.54) is 24.4 Å². The number of ether oxygens (including phenoxy) is 4. The van der Waals surface area contributed by atoms with Crippen LogP contribution in [0.1, 0.15) is 23.6 Å². The Labute approximate surface area is 231 Å². The average molecular weight is 576 g/mol. The lowest BCUT2D eigenvalue weighted by Gasteiger charge is -2.23. The number of rotatable bonds is 8. The first kappa shape index (κ1) is 27.5. The van der Waals surface area contributed by atoms with E-state index in [9.17, 15) is 22.4 Å². The predicted octanol–water partition coefficient (Wildman–Crippen LogP) is 7.36. The molecule has 3 aromatic carbocycles. The van der Waals surface area contributed by atoms with Crippen LogP contribution in [-0.2, 0) is 23.8 Å². The average Bonchev–Trinajstić information content (AvgIpc) is 2.91. The Kier molecular flexibility index (Phi) is 7.71. The maximum Gasteiger partial charge on any atom is 0.417 e. The molecule has 4 aromatic rings. The van der Waals surface area contributed by atoms with Crippen molar-refractivity contribution in [2.75, 3.05) is 19.8 Å². The normalized spacial score (nSPS) is 12.8. The Hall–Kier alpha value is -4.05. The molecule has 0 radical (unpaired) electrons. The van der Waals surface area contributed by atoms with Gasteiger partial charge >= 0.3 is 6.18 Å². The summed E-state index contributed by atoms with van der Waals surface area (Å²) in [6.45, 7) is 2.93. The maximum atomic E-state index is 15.0. The van der Waals surface area contributed by atoms with Crippen LogP contribution in [0.5, 0.6) is 28.7 Å². The molecule has 0 saturated carbocycles. The molecule has 11 heteroatoms. The minimum atomic E-state index is -4.65. The van der Waals surface area contributed by atoms with Gasteiger partial charge in [0, 0.05) is 31.2 Å². The number of pyridine rings is 1. The number of fused-ring (bicyclic) bond motifs is 3. The van der Waals surface area contributed by atoms with Gasteiger partial charge in [-0.3, -0.25) is 9.78 Å². The minimum Gasteiger partial charge on any atom is -0.490 e. The van der Waals surface area contributed by atoms with Gasteiger partial charge in [0.05, 0.1) is 28.1 Å². The van der Waals surface area contributed by atoms with Crippen molar-refractivity contribution in [3.63, 3.8) is 0 Å². The minimum absolute atomic E-state index is 0.0809. The maximum absolute atomic E-state index is 15.0. The highest BCUT2D eigenvalue weighted by molar-refractivity contribution is 6.31. The molecule has 0 spiro atoms. The van der Waals surface area contributed by atoms with E-state index in [-0.39, 0.29) is 29.7 Å². The molecule has 2 heterocycles. The van der Waals surface area contributed by atoms with E-state index in [0.717, 1.165) is 18.2 Å². The first-order chi connectivity index (χ1) is 19.1. The van der Waals surface area contributed by atoms with Gasteiger partial charge in [0.15, 0.2) is 11.5 Å². The SMILES string of the molecule is CCOc1cc2nccc(Oc3ccc(CC(=O)Cc4ccc(Cl)c(C(F)(F)F)c4)c(F)c3)c2c2c1OCCO2.